The first kappa shape index (κ1) is 23.4. The average Bonchev–Trinajstić information content (AvgIpc) is 2.58. The van der Waals surface area contributed by atoms with Gasteiger partial charge in [0.2, 0.25) is 0 Å². The van der Waals surface area contributed by atoms with E-state index in [9.17, 15) is 24.8 Å². The van der Waals surface area contributed by atoms with E-state index in [2.05, 4.69) is 0 Å². The van der Waals surface area contributed by atoms with Gasteiger partial charge in [-0.15, -0.1) is 0 Å². The fraction of sp³-hybridized carbons (Fsp3) is 0.600. The minimum Gasteiger partial charge on any atom is -0.502 e. The van der Waals surface area contributed by atoms with E-state index in [0.29, 0.717) is 18.4 Å². The second kappa shape index (κ2) is 10.1. The van der Waals surface area contributed by atoms with Gasteiger partial charge < -0.3 is 14.6 Å². The second-order valence-electron chi connectivity index (χ2n) is 7.78. The lowest BCUT2D eigenvalue weighted by atomic mass is 9.80. The van der Waals surface area contributed by atoms with Crippen molar-refractivity contribution >= 4 is 17.6 Å². The van der Waals surface area contributed by atoms with Crippen LogP contribution in [0.5, 0.6) is 5.75 Å². The summed E-state index contributed by atoms with van der Waals surface area (Å²) < 4.78 is 10.2. The molecule has 0 heterocycles. The molecule has 0 radical (unpaired) electrons. The molecule has 0 bridgehead atoms. The highest BCUT2D eigenvalue weighted by atomic mass is 16.6. The highest BCUT2D eigenvalue weighted by Crippen LogP contribution is 2.32. The molecule has 1 aromatic rings. The molecular formula is C20H29NO7. The number of hydrogen-bond acceptors (Lipinski definition) is 7. The molecule has 8 nitrogen and oxygen atoms in total. The quantitative estimate of drug-likeness (QED) is 0.384. The summed E-state index contributed by atoms with van der Waals surface area (Å²) in [5.41, 5.74) is -0.402. The second-order valence-corrected chi connectivity index (χ2v) is 7.78. The van der Waals surface area contributed by atoms with E-state index < -0.39 is 27.9 Å². The number of nitrogens with zero attached hydrogens (tertiary/aromatic N) is 1. The summed E-state index contributed by atoms with van der Waals surface area (Å²) in [7, 11) is 1.29. The third-order valence-electron chi connectivity index (χ3n) is 4.43. The Balaban J connectivity index is 3.06. The van der Waals surface area contributed by atoms with Gasteiger partial charge in [0.15, 0.2) is 5.75 Å². The predicted molar refractivity (Wildman–Crippen MR) is 103 cm³/mol. The Morgan fingerprint density at radius 2 is 1.79 bits per heavy atom. The van der Waals surface area contributed by atoms with Crippen molar-refractivity contribution in [3.63, 3.8) is 0 Å². The van der Waals surface area contributed by atoms with Crippen molar-refractivity contribution in [2.75, 3.05) is 7.11 Å². The smallest absolute Gasteiger partial charge is 0.310 e. The number of methoxy groups -OCH3 is 1. The van der Waals surface area contributed by atoms with Gasteiger partial charge in [-0.3, -0.25) is 19.7 Å². The molecule has 0 aliphatic heterocycles. The number of phenolic OH excluding ortho intramolecular Hbond substituents is 1. The number of rotatable bonds is 9. The SMILES string of the molecule is CCC(CC(=O)OC(C)(C)C)[C@H](CC(=O)OC)Cc1ccc(O)c([N+](=O)[O-])c1. The number of benzene rings is 1. The molecule has 1 aromatic carbocycles. The maximum absolute atomic E-state index is 12.3. The summed E-state index contributed by atoms with van der Waals surface area (Å²) in [6.07, 6.45) is 1.17. The summed E-state index contributed by atoms with van der Waals surface area (Å²) in [6.45, 7) is 7.27. The lowest BCUT2D eigenvalue weighted by Gasteiger charge is -2.27. The summed E-state index contributed by atoms with van der Waals surface area (Å²) in [5, 5.41) is 20.7. The van der Waals surface area contributed by atoms with Crippen LogP contribution in [0.2, 0.25) is 0 Å². The zero-order valence-corrected chi connectivity index (χ0v) is 17.1. The van der Waals surface area contributed by atoms with Crippen LogP contribution in [0, 0.1) is 22.0 Å². The van der Waals surface area contributed by atoms with E-state index >= 15 is 0 Å². The van der Waals surface area contributed by atoms with E-state index in [1.807, 2.05) is 6.92 Å². The Labute approximate surface area is 165 Å². The van der Waals surface area contributed by atoms with Crippen LogP contribution >= 0.6 is 0 Å². The van der Waals surface area contributed by atoms with Crippen molar-refractivity contribution in [2.45, 2.75) is 59.0 Å². The molecule has 28 heavy (non-hydrogen) atoms. The van der Waals surface area contributed by atoms with E-state index in [1.54, 1.807) is 26.8 Å². The Kier molecular flexibility index (Phi) is 8.40. The topological polar surface area (TPSA) is 116 Å². The largest absolute Gasteiger partial charge is 0.502 e. The summed E-state index contributed by atoms with van der Waals surface area (Å²) in [4.78, 5) is 34.6. The third-order valence-corrected chi connectivity index (χ3v) is 4.43. The first-order chi connectivity index (χ1) is 13.0. The van der Waals surface area contributed by atoms with Crippen molar-refractivity contribution in [3.8, 4) is 5.75 Å². The van der Waals surface area contributed by atoms with Gasteiger partial charge >= 0.3 is 17.6 Å². The van der Waals surface area contributed by atoms with Gasteiger partial charge in [0.1, 0.15) is 5.60 Å². The van der Waals surface area contributed by atoms with Gasteiger partial charge in [0.05, 0.1) is 12.0 Å². The number of esters is 2. The highest BCUT2D eigenvalue weighted by molar-refractivity contribution is 5.71. The molecule has 156 valence electrons. The Hall–Kier alpha value is -2.64. The minimum absolute atomic E-state index is 0.0759. The molecule has 1 unspecified atom stereocenters. The van der Waals surface area contributed by atoms with Gasteiger partial charge in [-0.05, 0) is 50.7 Å². The number of carbonyl (C=O) groups excluding carboxylic acids is 2. The van der Waals surface area contributed by atoms with Crippen molar-refractivity contribution < 1.29 is 29.1 Å². The summed E-state index contributed by atoms with van der Waals surface area (Å²) in [5.74, 6) is -1.62. The number of nitro groups is 1. The van der Waals surface area contributed by atoms with Gasteiger partial charge in [-0.25, -0.2) is 0 Å². The first-order valence-electron chi connectivity index (χ1n) is 9.21. The number of hydrogen-bond donors (Lipinski definition) is 1. The van der Waals surface area contributed by atoms with E-state index in [0.717, 1.165) is 0 Å². The Morgan fingerprint density at radius 3 is 2.29 bits per heavy atom. The van der Waals surface area contributed by atoms with Gasteiger partial charge in [-0.1, -0.05) is 19.4 Å². The summed E-state index contributed by atoms with van der Waals surface area (Å²) >= 11 is 0. The molecule has 0 fully saturated rings. The van der Waals surface area contributed by atoms with Gasteiger partial charge in [0.25, 0.3) is 0 Å². The van der Waals surface area contributed by atoms with Crippen LogP contribution in [0.3, 0.4) is 0 Å². The van der Waals surface area contributed by atoms with Crippen LogP contribution in [0.25, 0.3) is 0 Å². The molecule has 0 saturated carbocycles. The van der Waals surface area contributed by atoms with E-state index in [1.165, 1.54) is 19.2 Å². The number of ether oxygens (including phenoxy) is 2. The first-order valence-corrected chi connectivity index (χ1v) is 9.21. The normalized spacial score (nSPS) is 13.5. The Bertz CT molecular complexity index is 709. The van der Waals surface area contributed by atoms with Crippen LogP contribution in [-0.2, 0) is 25.5 Å². The Morgan fingerprint density at radius 1 is 1.18 bits per heavy atom. The van der Waals surface area contributed by atoms with Crippen molar-refractivity contribution in [1.82, 2.24) is 0 Å². The molecule has 1 rings (SSSR count). The molecule has 0 amide bonds. The fourth-order valence-electron chi connectivity index (χ4n) is 3.09. The molecule has 0 spiro atoms. The maximum Gasteiger partial charge on any atom is 0.310 e. The monoisotopic (exact) mass is 395 g/mol. The molecule has 0 aromatic heterocycles. The van der Waals surface area contributed by atoms with Crippen LogP contribution < -0.4 is 0 Å². The lowest BCUT2D eigenvalue weighted by Crippen LogP contribution is -2.28. The van der Waals surface area contributed by atoms with Crippen molar-refractivity contribution in [1.29, 1.82) is 0 Å². The minimum atomic E-state index is -0.661. The van der Waals surface area contributed by atoms with Crippen LogP contribution in [0.4, 0.5) is 5.69 Å². The lowest BCUT2D eigenvalue weighted by molar-refractivity contribution is -0.385. The van der Waals surface area contributed by atoms with Crippen LogP contribution in [-0.4, -0.2) is 34.7 Å². The number of phenols is 1. The summed E-state index contributed by atoms with van der Waals surface area (Å²) in [6, 6.07) is 4.13. The molecule has 8 heteroatoms. The maximum atomic E-state index is 12.3. The van der Waals surface area contributed by atoms with Gasteiger partial charge in [0, 0.05) is 18.9 Å². The van der Waals surface area contributed by atoms with E-state index in [4.69, 9.17) is 9.47 Å². The van der Waals surface area contributed by atoms with Crippen molar-refractivity contribution in [3.05, 3.63) is 33.9 Å². The van der Waals surface area contributed by atoms with E-state index in [-0.39, 0.29) is 30.6 Å². The molecule has 2 atom stereocenters. The fourth-order valence-corrected chi connectivity index (χ4v) is 3.09. The molecule has 0 saturated heterocycles. The zero-order valence-electron chi connectivity index (χ0n) is 17.1. The number of aromatic hydroxyl groups is 1. The average molecular weight is 395 g/mol. The number of carbonyl (C=O) groups is 2. The standard InChI is InChI=1S/C20H29NO7/c1-6-14(11-19(24)28-20(2,3)4)15(12-18(23)27-5)9-13-7-8-17(22)16(10-13)21(25)26/h7-8,10,14-15,22H,6,9,11-12H2,1-5H3/t14?,15-/m0/s1. The predicted octanol–water partition coefficient (Wildman–Crippen LogP) is 3.78. The zero-order chi connectivity index (χ0) is 21.5. The number of nitro benzene ring substituents is 1. The van der Waals surface area contributed by atoms with Crippen LogP contribution in [0.1, 0.15) is 52.5 Å². The third kappa shape index (κ3) is 7.54. The molecule has 0 aliphatic rings. The molecule has 0 aliphatic carbocycles. The highest BCUT2D eigenvalue weighted by Gasteiger charge is 2.28. The molecule has 1 N–H and O–H groups in total. The van der Waals surface area contributed by atoms with Crippen molar-refractivity contribution in [2.24, 2.45) is 11.8 Å². The van der Waals surface area contributed by atoms with Crippen LogP contribution in [0.15, 0.2) is 18.2 Å². The molecular weight excluding hydrogens is 366 g/mol. The van der Waals surface area contributed by atoms with Gasteiger partial charge in [-0.2, -0.15) is 0 Å².